The maximum absolute atomic E-state index is 13.0. The Balaban J connectivity index is 1.47. The van der Waals surface area contributed by atoms with Crippen LogP contribution >= 0.6 is 11.3 Å². The first kappa shape index (κ1) is 18.9. The lowest BCUT2D eigenvalue weighted by Crippen LogP contribution is -2.44. The third kappa shape index (κ3) is 3.76. The maximum atomic E-state index is 13.0. The van der Waals surface area contributed by atoms with E-state index in [4.69, 9.17) is 0 Å². The molecule has 1 aliphatic heterocycles. The summed E-state index contributed by atoms with van der Waals surface area (Å²) in [5, 5.41) is 6.54. The number of pyridine rings is 1. The predicted molar refractivity (Wildman–Crippen MR) is 117 cm³/mol. The van der Waals surface area contributed by atoms with Crippen LogP contribution in [-0.2, 0) is 4.79 Å². The number of rotatable bonds is 4. The molecule has 0 saturated carbocycles. The van der Waals surface area contributed by atoms with Crippen LogP contribution < -0.4 is 10.2 Å². The van der Waals surface area contributed by atoms with Gasteiger partial charge >= 0.3 is 0 Å². The standard InChI is InChI=1S/C23H27N3OS/c1-15-6-7-19(16(2)13-15)17(3)25-23(27)18-5-4-11-26(14-18)22-20-9-12-28-21(20)8-10-24-22/h6-10,12-13,17-18H,4-5,11,14H2,1-3H3,(H,25,27)/t17-,18+/m0/s1. The number of nitrogens with zero attached hydrogens (tertiary/aromatic N) is 2. The lowest BCUT2D eigenvalue weighted by molar-refractivity contribution is -0.125. The smallest absolute Gasteiger partial charge is 0.225 e. The highest BCUT2D eigenvalue weighted by Crippen LogP contribution is 2.31. The molecule has 28 heavy (non-hydrogen) atoms. The number of hydrogen-bond acceptors (Lipinski definition) is 4. The number of amides is 1. The summed E-state index contributed by atoms with van der Waals surface area (Å²) >= 11 is 1.73. The molecule has 1 amide bonds. The number of carbonyl (C=O) groups is 1. The van der Waals surface area contributed by atoms with Crippen molar-refractivity contribution in [2.24, 2.45) is 5.92 Å². The van der Waals surface area contributed by atoms with Gasteiger partial charge in [-0.2, -0.15) is 0 Å². The van der Waals surface area contributed by atoms with Crippen molar-refractivity contribution in [1.29, 1.82) is 0 Å². The van der Waals surface area contributed by atoms with Crippen molar-refractivity contribution in [3.05, 3.63) is 58.6 Å². The van der Waals surface area contributed by atoms with Gasteiger partial charge in [0.2, 0.25) is 5.91 Å². The molecular weight excluding hydrogens is 366 g/mol. The first-order valence-corrected chi connectivity index (χ1v) is 10.9. The van der Waals surface area contributed by atoms with Crippen molar-refractivity contribution in [2.45, 2.75) is 39.7 Å². The summed E-state index contributed by atoms with van der Waals surface area (Å²) in [4.78, 5) is 19.9. The molecule has 5 heteroatoms. The van der Waals surface area contributed by atoms with Crippen molar-refractivity contribution in [3.8, 4) is 0 Å². The van der Waals surface area contributed by atoms with E-state index in [1.54, 1.807) is 11.3 Å². The van der Waals surface area contributed by atoms with Gasteiger partial charge in [-0.15, -0.1) is 11.3 Å². The molecule has 0 bridgehead atoms. The first-order valence-electron chi connectivity index (χ1n) is 9.97. The maximum Gasteiger partial charge on any atom is 0.225 e. The highest BCUT2D eigenvalue weighted by Gasteiger charge is 2.28. The van der Waals surface area contributed by atoms with Gasteiger partial charge in [0, 0.05) is 29.4 Å². The molecule has 4 nitrogen and oxygen atoms in total. The normalized spacial score (nSPS) is 18.2. The number of nitrogens with one attached hydrogen (secondary N) is 1. The molecule has 3 heterocycles. The number of carbonyl (C=O) groups excluding carboxylic acids is 1. The third-order valence-electron chi connectivity index (χ3n) is 5.70. The molecule has 1 N–H and O–H groups in total. The van der Waals surface area contributed by atoms with Crippen molar-refractivity contribution in [3.63, 3.8) is 0 Å². The Morgan fingerprint density at radius 3 is 2.96 bits per heavy atom. The monoisotopic (exact) mass is 393 g/mol. The average Bonchev–Trinajstić information content (AvgIpc) is 3.16. The molecular formula is C23H27N3OS. The van der Waals surface area contributed by atoms with Gasteiger partial charge < -0.3 is 10.2 Å². The second-order valence-electron chi connectivity index (χ2n) is 7.84. The largest absolute Gasteiger partial charge is 0.355 e. The van der Waals surface area contributed by atoms with E-state index < -0.39 is 0 Å². The molecule has 1 saturated heterocycles. The van der Waals surface area contributed by atoms with Crippen LogP contribution in [0.5, 0.6) is 0 Å². The van der Waals surface area contributed by atoms with E-state index in [1.165, 1.54) is 26.8 Å². The number of thiophene rings is 1. The van der Waals surface area contributed by atoms with Crippen molar-refractivity contribution < 1.29 is 4.79 Å². The van der Waals surface area contributed by atoms with E-state index in [-0.39, 0.29) is 17.9 Å². The van der Waals surface area contributed by atoms with Gasteiger partial charge in [-0.3, -0.25) is 4.79 Å². The van der Waals surface area contributed by atoms with Crippen molar-refractivity contribution in [2.75, 3.05) is 18.0 Å². The molecule has 0 aliphatic carbocycles. The van der Waals surface area contributed by atoms with Gasteiger partial charge in [-0.1, -0.05) is 23.8 Å². The molecule has 3 aromatic rings. The van der Waals surface area contributed by atoms with Gasteiger partial charge in [0.15, 0.2) is 0 Å². The van der Waals surface area contributed by atoms with Crippen molar-refractivity contribution >= 4 is 33.1 Å². The molecule has 1 fully saturated rings. The van der Waals surface area contributed by atoms with Crippen LogP contribution in [0.2, 0.25) is 0 Å². The zero-order valence-electron chi connectivity index (χ0n) is 16.7. The van der Waals surface area contributed by atoms with Crippen LogP contribution in [0, 0.1) is 19.8 Å². The molecule has 2 aromatic heterocycles. The minimum Gasteiger partial charge on any atom is -0.355 e. The highest BCUT2D eigenvalue weighted by atomic mass is 32.1. The molecule has 0 spiro atoms. The molecule has 0 radical (unpaired) electrons. The lowest BCUT2D eigenvalue weighted by atomic mass is 9.95. The SMILES string of the molecule is Cc1ccc([C@H](C)NC(=O)[C@@H]2CCCN(c3nccc4sccc34)C2)c(C)c1. The number of aryl methyl sites for hydroxylation is 2. The van der Waals surface area contributed by atoms with Gasteiger partial charge in [0.05, 0.1) is 12.0 Å². The number of anilines is 1. The number of benzene rings is 1. The second kappa shape index (κ2) is 7.92. The number of fused-ring (bicyclic) bond motifs is 1. The van der Waals surface area contributed by atoms with Crippen LogP contribution in [-0.4, -0.2) is 24.0 Å². The summed E-state index contributed by atoms with van der Waals surface area (Å²) in [5.74, 6) is 1.16. The Morgan fingerprint density at radius 2 is 2.14 bits per heavy atom. The average molecular weight is 394 g/mol. The zero-order chi connectivity index (χ0) is 19.7. The minimum atomic E-state index is -0.00218. The highest BCUT2D eigenvalue weighted by molar-refractivity contribution is 7.17. The number of piperidine rings is 1. The molecule has 2 atom stereocenters. The van der Waals surface area contributed by atoms with Crippen LogP contribution in [0.4, 0.5) is 5.82 Å². The summed E-state index contributed by atoms with van der Waals surface area (Å²) in [7, 11) is 0. The summed E-state index contributed by atoms with van der Waals surface area (Å²) in [6.45, 7) is 7.97. The van der Waals surface area contributed by atoms with E-state index in [1.807, 2.05) is 6.20 Å². The Hall–Kier alpha value is -2.40. The van der Waals surface area contributed by atoms with Gasteiger partial charge in [-0.25, -0.2) is 4.98 Å². The van der Waals surface area contributed by atoms with E-state index >= 15 is 0 Å². The topological polar surface area (TPSA) is 45.2 Å². The Morgan fingerprint density at radius 1 is 1.29 bits per heavy atom. The Labute approximate surface area is 170 Å². The summed E-state index contributed by atoms with van der Waals surface area (Å²) < 4.78 is 1.25. The van der Waals surface area contributed by atoms with Gasteiger partial charge in [0.1, 0.15) is 5.82 Å². The molecule has 1 aliphatic rings. The predicted octanol–water partition coefficient (Wildman–Crippen LogP) is 5.01. The number of hydrogen-bond donors (Lipinski definition) is 1. The van der Waals surface area contributed by atoms with Gasteiger partial charge in [0.25, 0.3) is 0 Å². The van der Waals surface area contributed by atoms with E-state index in [0.717, 1.165) is 31.7 Å². The molecule has 4 rings (SSSR count). The third-order valence-corrected chi connectivity index (χ3v) is 6.58. The molecule has 1 aromatic carbocycles. The van der Waals surface area contributed by atoms with Crippen LogP contribution in [0.25, 0.3) is 10.1 Å². The van der Waals surface area contributed by atoms with Crippen LogP contribution in [0.3, 0.4) is 0 Å². The fourth-order valence-electron chi connectivity index (χ4n) is 4.24. The fraction of sp³-hybridized carbons (Fsp3) is 0.391. The first-order chi connectivity index (χ1) is 13.5. The molecule has 0 unspecified atom stereocenters. The molecule has 146 valence electrons. The van der Waals surface area contributed by atoms with E-state index in [2.05, 4.69) is 71.7 Å². The Kier molecular flexibility index (Phi) is 5.36. The zero-order valence-corrected chi connectivity index (χ0v) is 17.6. The van der Waals surface area contributed by atoms with Gasteiger partial charge in [-0.05, 0) is 62.3 Å². The van der Waals surface area contributed by atoms with Crippen molar-refractivity contribution in [1.82, 2.24) is 10.3 Å². The quantitative estimate of drug-likeness (QED) is 0.678. The summed E-state index contributed by atoms with van der Waals surface area (Å²) in [5.41, 5.74) is 3.67. The second-order valence-corrected chi connectivity index (χ2v) is 8.79. The van der Waals surface area contributed by atoms with Crippen LogP contribution in [0.1, 0.15) is 42.5 Å². The fourth-order valence-corrected chi connectivity index (χ4v) is 5.01. The Bertz CT molecular complexity index is 996. The summed E-state index contributed by atoms with van der Waals surface area (Å²) in [6, 6.07) is 10.6. The lowest BCUT2D eigenvalue weighted by Gasteiger charge is -2.34. The minimum absolute atomic E-state index is 0.00218. The van der Waals surface area contributed by atoms with Crippen LogP contribution in [0.15, 0.2) is 41.9 Å². The van der Waals surface area contributed by atoms with E-state index in [9.17, 15) is 4.79 Å². The number of aromatic nitrogens is 1. The summed E-state index contributed by atoms with van der Waals surface area (Å²) in [6.07, 6.45) is 3.82. The van der Waals surface area contributed by atoms with E-state index in [0.29, 0.717) is 0 Å².